The lowest BCUT2D eigenvalue weighted by Crippen LogP contribution is -2.26. The van der Waals surface area contributed by atoms with E-state index in [0.717, 1.165) is 9.95 Å². The first-order valence-corrected chi connectivity index (χ1v) is 7.81. The minimum absolute atomic E-state index is 0.0832. The summed E-state index contributed by atoms with van der Waals surface area (Å²) in [6.45, 7) is 5.02. The quantitative estimate of drug-likeness (QED) is 0.742. The third-order valence-corrected chi connectivity index (χ3v) is 4.39. The summed E-state index contributed by atoms with van der Waals surface area (Å²) in [5.41, 5.74) is 0.506. The monoisotopic (exact) mass is 336 g/mol. The van der Waals surface area contributed by atoms with E-state index < -0.39 is 17.2 Å². The maximum atomic E-state index is 13.0. The van der Waals surface area contributed by atoms with Gasteiger partial charge in [0.2, 0.25) is 11.7 Å². The Hall–Kier alpha value is -3.33. The molecule has 2 aromatic heterocycles. The number of rotatable bonds is 3. The van der Waals surface area contributed by atoms with E-state index in [4.69, 9.17) is 4.42 Å². The molecule has 25 heavy (non-hydrogen) atoms. The Balaban J connectivity index is 2.32. The lowest BCUT2D eigenvalue weighted by molar-refractivity contribution is 0.101. The van der Waals surface area contributed by atoms with Gasteiger partial charge in [-0.05, 0) is 32.4 Å². The van der Waals surface area contributed by atoms with Gasteiger partial charge in [-0.25, -0.2) is 0 Å². The molecule has 0 spiro atoms. The van der Waals surface area contributed by atoms with Crippen LogP contribution >= 0.6 is 0 Å². The third kappa shape index (κ3) is 2.32. The Bertz CT molecular complexity index is 1110. The van der Waals surface area contributed by atoms with E-state index in [1.807, 2.05) is 18.2 Å². The van der Waals surface area contributed by atoms with Crippen LogP contribution in [-0.4, -0.2) is 15.5 Å². The highest BCUT2D eigenvalue weighted by Gasteiger charge is 2.28. The number of para-hydroxylation sites is 1. The molecule has 2 heterocycles. The minimum atomic E-state index is -0.613. The Morgan fingerprint density at radius 1 is 1.28 bits per heavy atom. The summed E-state index contributed by atoms with van der Waals surface area (Å²) in [7, 11) is 0. The van der Waals surface area contributed by atoms with Crippen molar-refractivity contribution in [2.45, 2.75) is 27.3 Å². The van der Waals surface area contributed by atoms with Crippen LogP contribution in [0.25, 0.3) is 11.0 Å². The van der Waals surface area contributed by atoms with Crippen molar-refractivity contribution in [3.63, 3.8) is 0 Å². The van der Waals surface area contributed by atoms with Crippen LogP contribution in [0.3, 0.4) is 0 Å². The molecule has 0 atom stereocenters. The van der Waals surface area contributed by atoms with Gasteiger partial charge in [-0.1, -0.05) is 18.2 Å². The van der Waals surface area contributed by atoms with Crippen molar-refractivity contribution in [1.82, 2.24) is 4.57 Å². The van der Waals surface area contributed by atoms with Gasteiger partial charge in [0.1, 0.15) is 17.2 Å². The molecule has 3 rings (SSSR count). The molecule has 0 aliphatic heterocycles. The third-order valence-electron chi connectivity index (χ3n) is 4.39. The number of fused-ring (bicyclic) bond motifs is 1. The molecule has 0 amide bonds. The molecular formula is C19H16N2O4. The van der Waals surface area contributed by atoms with Gasteiger partial charge >= 0.3 is 0 Å². The zero-order valence-electron chi connectivity index (χ0n) is 14.1. The van der Waals surface area contributed by atoms with E-state index in [-0.39, 0.29) is 29.0 Å². The van der Waals surface area contributed by atoms with Gasteiger partial charge in [0.25, 0.3) is 5.56 Å². The van der Waals surface area contributed by atoms with Crippen LogP contribution in [0.2, 0.25) is 0 Å². The predicted octanol–water partition coefficient (Wildman–Crippen LogP) is 3.04. The number of carbonyl (C=O) groups is 1. The predicted molar refractivity (Wildman–Crippen MR) is 91.9 cm³/mol. The number of aromatic hydroxyl groups is 1. The van der Waals surface area contributed by atoms with Crippen molar-refractivity contribution in [3.8, 4) is 11.9 Å². The van der Waals surface area contributed by atoms with E-state index in [9.17, 15) is 20.0 Å². The van der Waals surface area contributed by atoms with Crippen molar-refractivity contribution in [2.24, 2.45) is 0 Å². The fourth-order valence-corrected chi connectivity index (χ4v) is 3.02. The highest BCUT2D eigenvalue weighted by molar-refractivity contribution is 6.12. The molecule has 3 aromatic rings. The summed E-state index contributed by atoms with van der Waals surface area (Å²) in [5, 5.41) is 20.5. The number of aryl methyl sites for hydroxylation is 1. The SMILES string of the molecule is CCn1c(O)c(C(=O)c2oc3ccccc3c2C)c(C)c(C#N)c1=O. The number of nitriles is 1. The Kier molecular flexibility index (Phi) is 3.93. The molecule has 0 fully saturated rings. The maximum Gasteiger partial charge on any atom is 0.271 e. The number of aromatic nitrogens is 1. The molecule has 0 unspecified atom stereocenters. The van der Waals surface area contributed by atoms with Crippen LogP contribution in [0.5, 0.6) is 5.88 Å². The molecule has 6 heteroatoms. The van der Waals surface area contributed by atoms with Crippen LogP contribution in [0.1, 0.15) is 39.7 Å². The summed E-state index contributed by atoms with van der Waals surface area (Å²) < 4.78 is 6.68. The van der Waals surface area contributed by atoms with Crippen LogP contribution in [-0.2, 0) is 6.54 Å². The first-order chi connectivity index (χ1) is 11.9. The van der Waals surface area contributed by atoms with Crippen LogP contribution < -0.4 is 5.56 Å². The highest BCUT2D eigenvalue weighted by atomic mass is 16.3. The second kappa shape index (κ2) is 5.95. The van der Waals surface area contributed by atoms with Gasteiger partial charge < -0.3 is 9.52 Å². The molecule has 0 saturated carbocycles. The van der Waals surface area contributed by atoms with Gasteiger partial charge in [0, 0.05) is 17.5 Å². The van der Waals surface area contributed by atoms with E-state index in [1.165, 1.54) is 6.92 Å². The summed E-state index contributed by atoms with van der Waals surface area (Å²) in [6, 6.07) is 9.05. The number of carbonyl (C=O) groups excluding carboxylic acids is 1. The highest BCUT2D eigenvalue weighted by Crippen LogP contribution is 2.30. The number of hydrogen-bond acceptors (Lipinski definition) is 5. The molecule has 6 nitrogen and oxygen atoms in total. The summed E-state index contributed by atoms with van der Waals surface area (Å²) >= 11 is 0. The number of hydrogen-bond donors (Lipinski definition) is 1. The number of pyridine rings is 1. The Morgan fingerprint density at radius 3 is 2.56 bits per heavy atom. The van der Waals surface area contributed by atoms with Crippen molar-refractivity contribution >= 4 is 16.8 Å². The lowest BCUT2D eigenvalue weighted by atomic mass is 9.98. The first-order valence-electron chi connectivity index (χ1n) is 7.81. The summed E-state index contributed by atoms with van der Waals surface area (Å²) in [4.78, 5) is 25.3. The molecule has 0 aliphatic carbocycles. The smallest absolute Gasteiger partial charge is 0.271 e. The topological polar surface area (TPSA) is 96.2 Å². The van der Waals surface area contributed by atoms with Gasteiger partial charge in [-0.3, -0.25) is 14.2 Å². The molecular weight excluding hydrogens is 320 g/mol. The van der Waals surface area contributed by atoms with E-state index >= 15 is 0 Å². The van der Waals surface area contributed by atoms with Gasteiger partial charge in [0.15, 0.2) is 5.76 Å². The van der Waals surface area contributed by atoms with Crippen LogP contribution in [0.4, 0.5) is 0 Å². The van der Waals surface area contributed by atoms with Crippen LogP contribution in [0, 0.1) is 25.2 Å². The standard InChI is InChI=1S/C19H16N2O4/c1-4-21-18(23)13(9-20)10(2)15(19(21)24)16(22)17-11(3)12-7-5-6-8-14(12)25-17/h5-8,24H,4H2,1-3H3. The number of nitrogens with zero attached hydrogens (tertiary/aromatic N) is 2. The van der Waals surface area contributed by atoms with Crippen molar-refractivity contribution < 1.29 is 14.3 Å². The zero-order chi connectivity index (χ0) is 18.3. The molecule has 0 aliphatic rings. The molecule has 1 N–H and O–H groups in total. The van der Waals surface area contributed by atoms with Gasteiger partial charge in [0.05, 0.1) is 5.56 Å². The minimum Gasteiger partial charge on any atom is -0.494 e. The normalized spacial score (nSPS) is 10.8. The van der Waals surface area contributed by atoms with E-state index in [1.54, 1.807) is 26.0 Å². The van der Waals surface area contributed by atoms with Gasteiger partial charge in [-0.2, -0.15) is 5.26 Å². The second-order valence-electron chi connectivity index (χ2n) is 5.74. The zero-order valence-corrected chi connectivity index (χ0v) is 14.1. The lowest BCUT2D eigenvalue weighted by Gasteiger charge is -2.13. The molecule has 0 radical (unpaired) electrons. The second-order valence-corrected chi connectivity index (χ2v) is 5.74. The van der Waals surface area contributed by atoms with E-state index in [2.05, 4.69) is 0 Å². The Morgan fingerprint density at radius 2 is 1.96 bits per heavy atom. The van der Waals surface area contributed by atoms with E-state index in [0.29, 0.717) is 11.1 Å². The number of ketones is 1. The van der Waals surface area contributed by atoms with Gasteiger partial charge in [-0.15, -0.1) is 0 Å². The first kappa shape index (κ1) is 16.5. The molecule has 1 aromatic carbocycles. The summed E-state index contributed by atoms with van der Waals surface area (Å²) in [5.74, 6) is -0.916. The van der Waals surface area contributed by atoms with Crippen molar-refractivity contribution in [3.05, 3.63) is 62.6 Å². The van der Waals surface area contributed by atoms with Crippen LogP contribution in [0.15, 0.2) is 33.5 Å². The fraction of sp³-hybridized carbons (Fsp3) is 0.211. The number of furan rings is 1. The average molecular weight is 336 g/mol. The average Bonchev–Trinajstić information content (AvgIpc) is 2.93. The molecule has 126 valence electrons. The Labute approximate surface area is 143 Å². The molecule has 0 bridgehead atoms. The fourth-order valence-electron chi connectivity index (χ4n) is 3.02. The maximum absolute atomic E-state index is 13.0. The van der Waals surface area contributed by atoms with Crippen molar-refractivity contribution in [2.75, 3.05) is 0 Å². The largest absolute Gasteiger partial charge is 0.494 e. The molecule has 0 saturated heterocycles. The van der Waals surface area contributed by atoms with Crippen molar-refractivity contribution in [1.29, 1.82) is 5.26 Å². The number of benzene rings is 1. The summed E-state index contributed by atoms with van der Waals surface area (Å²) in [6.07, 6.45) is 0.